The van der Waals surface area contributed by atoms with Gasteiger partial charge in [0, 0.05) is 18.9 Å². The highest BCUT2D eigenvalue weighted by Gasteiger charge is 1.99. The maximum atomic E-state index is 5.87. The molecule has 0 saturated carbocycles. The monoisotopic (exact) mass is 177 g/mol. The molecular formula is C10H15N3. The van der Waals surface area contributed by atoms with Crippen LogP contribution in [0.25, 0.3) is 0 Å². The van der Waals surface area contributed by atoms with Crippen LogP contribution >= 0.6 is 0 Å². The highest BCUT2D eigenvalue weighted by Crippen LogP contribution is 2.08. The number of rotatable bonds is 4. The number of aromatic nitrogens is 1. The highest BCUT2D eigenvalue weighted by atomic mass is 14.8. The molecule has 0 aromatic carbocycles. The van der Waals surface area contributed by atoms with Crippen molar-refractivity contribution in [2.45, 2.75) is 13.0 Å². The van der Waals surface area contributed by atoms with Gasteiger partial charge in [-0.3, -0.25) is 4.98 Å². The van der Waals surface area contributed by atoms with Gasteiger partial charge in [0.2, 0.25) is 0 Å². The van der Waals surface area contributed by atoms with Gasteiger partial charge in [-0.25, -0.2) is 0 Å². The van der Waals surface area contributed by atoms with Gasteiger partial charge in [-0.1, -0.05) is 6.07 Å². The van der Waals surface area contributed by atoms with Crippen LogP contribution in [0.2, 0.25) is 0 Å². The predicted molar refractivity (Wildman–Crippen MR) is 54.0 cm³/mol. The third-order valence-corrected chi connectivity index (χ3v) is 1.69. The van der Waals surface area contributed by atoms with Gasteiger partial charge in [-0.2, -0.15) is 0 Å². The van der Waals surface area contributed by atoms with E-state index < -0.39 is 0 Å². The van der Waals surface area contributed by atoms with Crippen LogP contribution in [0.5, 0.6) is 0 Å². The lowest BCUT2D eigenvalue weighted by molar-refractivity contribution is 0.861. The molecule has 0 bridgehead atoms. The van der Waals surface area contributed by atoms with E-state index >= 15 is 0 Å². The number of pyridine rings is 1. The Labute approximate surface area is 78.7 Å². The van der Waals surface area contributed by atoms with Crippen LogP contribution in [0.1, 0.15) is 18.5 Å². The predicted octanol–water partition coefficient (Wildman–Crippen LogP) is 1.20. The average Bonchev–Trinajstić information content (AvgIpc) is 2.19. The van der Waals surface area contributed by atoms with E-state index in [0.717, 1.165) is 12.1 Å². The summed E-state index contributed by atoms with van der Waals surface area (Å²) in [6.45, 7) is 2.95. The number of nitrogens with two attached hydrogens (primary N) is 1. The van der Waals surface area contributed by atoms with E-state index in [1.165, 1.54) is 0 Å². The van der Waals surface area contributed by atoms with Gasteiger partial charge in [-0.15, -0.1) is 0 Å². The molecule has 1 heterocycles. The summed E-state index contributed by atoms with van der Waals surface area (Å²) in [5, 5.41) is 3.07. The van der Waals surface area contributed by atoms with Crippen LogP contribution < -0.4 is 11.1 Å². The average molecular weight is 177 g/mol. The number of nitrogens with zero attached hydrogens (tertiary/aromatic N) is 1. The standard InChI is InChI=1S/C10H15N3/c1-2-12-7-5-10(11)9-4-3-6-13-8-9/h3-8,10,12H,2,11H2,1H3/b7-5-. The number of nitrogens with one attached hydrogen (secondary N) is 1. The molecule has 0 amide bonds. The van der Waals surface area contributed by atoms with Gasteiger partial charge < -0.3 is 11.1 Å². The second-order valence-electron chi connectivity index (χ2n) is 2.73. The fourth-order valence-corrected chi connectivity index (χ4v) is 0.974. The first-order chi connectivity index (χ1) is 6.34. The second-order valence-corrected chi connectivity index (χ2v) is 2.73. The van der Waals surface area contributed by atoms with E-state index in [0.29, 0.717) is 0 Å². The van der Waals surface area contributed by atoms with Gasteiger partial charge in [0.15, 0.2) is 0 Å². The van der Waals surface area contributed by atoms with E-state index in [1.807, 2.05) is 31.3 Å². The van der Waals surface area contributed by atoms with E-state index in [-0.39, 0.29) is 6.04 Å². The van der Waals surface area contributed by atoms with Crippen molar-refractivity contribution >= 4 is 0 Å². The van der Waals surface area contributed by atoms with Gasteiger partial charge in [0.1, 0.15) is 0 Å². The fraction of sp³-hybridized carbons (Fsp3) is 0.300. The Kier molecular flexibility index (Phi) is 3.99. The maximum absolute atomic E-state index is 5.87. The third-order valence-electron chi connectivity index (χ3n) is 1.69. The zero-order valence-electron chi connectivity index (χ0n) is 7.77. The van der Waals surface area contributed by atoms with E-state index in [2.05, 4.69) is 10.3 Å². The lowest BCUT2D eigenvalue weighted by Crippen LogP contribution is -2.09. The molecule has 3 heteroatoms. The third kappa shape index (κ3) is 3.25. The number of hydrogen-bond acceptors (Lipinski definition) is 3. The Bertz CT molecular complexity index is 256. The molecular weight excluding hydrogens is 162 g/mol. The van der Waals surface area contributed by atoms with Gasteiger partial charge in [-0.05, 0) is 30.8 Å². The Morgan fingerprint density at radius 1 is 1.69 bits per heavy atom. The Hall–Kier alpha value is -1.35. The van der Waals surface area contributed by atoms with E-state index in [9.17, 15) is 0 Å². The van der Waals surface area contributed by atoms with Crippen molar-refractivity contribution in [1.29, 1.82) is 0 Å². The van der Waals surface area contributed by atoms with Crippen molar-refractivity contribution in [2.24, 2.45) is 5.73 Å². The molecule has 0 fully saturated rings. The molecule has 1 aromatic rings. The molecule has 0 radical (unpaired) electrons. The van der Waals surface area contributed by atoms with E-state index in [1.54, 1.807) is 12.4 Å². The Morgan fingerprint density at radius 2 is 2.54 bits per heavy atom. The molecule has 1 rings (SSSR count). The van der Waals surface area contributed by atoms with Gasteiger partial charge >= 0.3 is 0 Å². The van der Waals surface area contributed by atoms with Crippen LogP contribution in [-0.2, 0) is 0 Å². The first kappa shape index (κ1) is 9.74. The molecule has 0 aliphatic heterocycles. The molecule has 1 unspecified atom stereocenters. The van der Waals surface area contributed by atoms with Crippen molar-refractivity contribution in [3.05, 3.63) is 42.4 Å². The van der Waals surface area contributed by atoms with Crippen LogP contribution in [0, 0.1) is 0 Å². The minimum Gasteiger partial charge on any atom is -0.391 e. The summed E-state index contributed by atoms with van der Waals surface area (Å²) in [7, 11) is 0. The summed E-state index contributed by atoms with van der Waals surface area (Å²) in [6, 6.07) is 3.78. The van der Waals surface area contributed by atoms with E-state index in [4.69, 9.17) is 5.73 Å². The highest BCUT2D eigenvalue weighted by molar-refractivity contribution is 5.18. The summed E-state index contributed by atoms with van der Waals surface area (Å²) in [6.07, 6.45) is 7.31. The van der Waals surface area contributed by atoms with Crippen LogP contribution in [-0.4, -0.2) is 11.5 Å². The van der Waals surface area contributed by atoms with Crippen molar-refractivity contribution in [3.8, 4) is 0 Å². The summed E-state index contributed by atoms with van der Waals surface area (Å²) in [5.74, 6) is 0. The lowest BCUT2D eigenvalue weighted by Gasteiger charge is -2.05. The van der Waals surface area contributed by atoms with Crippen molar-refractivity contribution < 1.29 is 0 Å². The normalized spacial score (nSPS) is 13.1. The summed E-state index contributed by atoms with van der Waals surface area (Å²) in [5.41, 5.74) is 6.89. The zero-order chi connectivity index (χ0) is 9.52. The summed E-state index contributed by atoms with van der Waals surface area (Å²) < 4.78 is 0. The minimum atomic E-state index is -0.0762. The largest absolute Gasteiger partial charge is 0.391 e. The van der Waals surface area contributed by atoms with Crippen LogP contribution in [0.3, 0.4) is 0 Å². The molecule has 1 atom stereocenters. The first-order valence-electron chi connectivity index (χ1n) is 4.40. The zero-order valence-corrected chi connectivity index (χ0v) is 7.77. The van der Waals surface area contributed by atoms with Crippen molar-refractivity contribution in [3.63, 3.8) is 0 Å². The Morgan fingerprint density at radius 3 is 3.15 bits per heavy atom. The van der Waals surface area contributed by atoms with Gasteiger partial charge in [0.25, 0.3) is 0 Å². The molecule has 3 N–H and O–H groups in total. The first-order valence-corrected chi connectivity index (χ1v) is 4.40. The van der Waals surface area contributed by atoms with Crippen molar-refractivity contribution in [2.75, 3.05) is 6.54 Å². The molecule has 13 heavy (non-hydrogen) atoms. The van der Waals surface area contributed by atoms with Crippen LogP contribution in [0.4, 0.5) is 0 Å². The minimum absolute atomic E-state index is 0.0762. The lowest BCUT2D eigenvalue weighted by atomic mass is 10.1. The molecule has 0 aliphatic carbocycles. The summed E-state index contributed by atoms with van der Waals surface area (Å²) >= 11 is 0. The molecule has 70 valence electrons. The number of hydrogen-bond donors (Lipinski definition) is 2. The summed E-state index contributed by atoms with van der Waals surface area (Å²) in [4.78, 5) is 4.00. The maximum Gasteiger partial charge on any atom is 0.0513 e. The second kappa shape index (κ2) is 5.32. The molecule has 0 spiro atoms. The quantitative estimate of drug-likeness (QED) is 0.726. The molecule has 3 nitrogen and oxygen atoms in total. The Balaban J connectivity index is 2.53. The molecule has 0 aliphatic rings. The topological polar surface area (TPSA) is 50.9 Å². The fourth-order valence-electron chi connectivity index (χ4n) is 0.974. The van der Waals surface area contributed by atoms with Crippen molar-refractivity contribution in [1.82, 2.24) is 10.3 Å². The molecule has 1 aromatic heterocycles. The SMILES string of the molecule is CCN/C=C\C(N)c1cccnc1. The van der Waals surface area contributed by atoms with Crippen LogP contribution in [0.15, 0.2) is 36.8 Å². The van der Waals surface area contributed by atoms with Gasteiger partial charge in [0.05, 0.1) is 6.04 Å². The smallest absolute Gasteiger partial charge is 0.0513 e. The molecule has 0 saturated heterocycles.